The zero-order valence-electron chi connectivity index (χ0n) is 14.7. The summed E-state index contributed by atoms with van der Waals surface area (Å²) < 4.78 is 28.6. The summed E-state index contributed by atoms with van der Waals surface area (Å²) in [6, 6.07) is 2.90. The molecule has 1 aromatic rings. The molecule has 1 aromatic carbocycles. The van der Waals surface area contributed by atoms with Gasteiger partial charge in [-0.2, -0.15) is 0 Å². The zero-order chi connectivity index (χ0) is 19.9. The van der Waals surface area contributed by atoms with Crippen molar-refractivity contribution in [3.05, 3.63) is 45.1 Å². The quantitative estimate of drug-likeness (QED) is 0.740. The number of carbonyl (C=O) groups is 2. The molecule has 1 N–H and O–H groups in total. The van der Waals surface area contributed by atoms with Crippen molar-refractivity contribution in [3.63, 3.8) is 0 Å². The Labute approximate surface area is 167 Å². The van der Waals surface area contributed by atoms with Gasteiger partial charge in [0.2, 0.25) is 0 Å². The Hall–Kier alpha value is -1.77. The zero-order valence-corrected chi connectivity index (χ0v) is 17.0. The van der Waals surface area contributed by atoms with E-state index in [1.165, 1.54) is 18.1 Å². The van der Waals surface area contributed by atoms with Crippen LogP contribution in [0.5, 0.6) is 0 Å². The van der Waals surface area contributed by atoms with E-state index in [2.05, 4.69) is 5.32 Å². The summed E-state index contributed by atoms with van der Waals surface area (Å²) >= 11 is 12.2. The number of hydrogen-bond donors (Lipinski definition) is 1. The number of hydrogen-bond acceptors (Lipinski definition) is 5. The molecular weight excluding hydrogens is 415 g/mol. The van der Waals surface area contributed by atoms with E-state index in [1.54, 1.807) is 19.1 Å². The van der Waals surface area contributed by atoms with Crippen LogP contribution in [0, 0.1) is 0 Å². The molecule has 1 fully saturated rings. The molecule has 0 bridgehead atoms. The molecule has 27 heavy (non-hydrogen) atoms. The maximum absolute atomic E-state index is 12.8. The third kappa shape index (κ3) is 3.79. The second kappa shape index (κ2) is 7.33. The highest BCUT2D eigenvalue weighted by molar-refractivity contribution is 7.91. The molecule has 10 heteroatoms. The van der Waals surface area contributed by atoms with Crippen molar-refractivity contribution in [2.45, 2.75) is 25.4 Å². The van der Waals surface area contributed by atoms with Crippen molar-refractivity contribution in [3.8, 4) is 0 Å². The predicted octanol–water partition coefficient (Wildman–Crippen LogP) is 2.69. The van der Waals surface area contributed by atoms with E-state index >= 15 is 0 Å². The Morgan fingerprint density at radius 1 is 1.33 bits per heavy atom. The molecule has 2 aliphatic heterocycles. The molecule has 2 heterocycles. The second-order valence-electron chi connectivity index (χ2n) is 6.47. The number of urea groups is 1. The fraction of sp³-hybridized carbons (Fsp3) is 0.412. The van der Waals surface area contributed by atoms with Crippen molar-refractivity contribution in [2.24, 2.45) is 0 Å². The predicted molar refractivity (Wildman–Crippen MR) is 101 cm³/mol. The number of nitrogens with one attached hydrogen (secondary N) is 1. The highest BCUT2D eigenvalue weighted by Crippen LogP contribution is 2.37. The van der Waals surface area contributed by atoms with Crippen LogP contribution >= 0.6 is 23.2 Å². The Kier molecular flexibility index (Phi) is 5.42. The molecule has 2 amide bonds. The maximum Gasteiger partial charge on any atom is 0.337 e. The minimum absolute atomic E-state index is 0.00866. The second-order valence-corrected chi connectivity index (χ2v) is 9.54. The Morgan fingerprint density at radius 2 is 2.04 bits per heavy atom. The van der Waals surface area contributed by atoms with E-state index in [0.29, 0.717) is 27.7 Å². The first-order chi connectivity index (χ1) is 12.6. The lowest BCUT2D eigenvalue weighted by atomic mass is 9.94. The maximum atomic E-state index is 12.8. The van der Waals surface area contributed by atoms with E-state index in [4.69, 9.17) is 27.9 Å². The summed E-state index contributed by atoms with van der Waals surface area (Å²) in [6.07, 6.45) is 0.313. The van der Waals surface area contributed by atoms with Crippen LogP contribution in [-0.2, 0) is 19.4 Å². The number of methoxy groups -OCH3 is 1. The van der Waals surface area contributed by atoms with E-state index in [0.717, 1.165) is 0 Å². The average molecular weight is 433 g/mol. The van der Waals surface area contributed by atoms with Crippen molar-refractivity contribution in [1.29, 1.82) is 0 Å². The molecule has 0 unspecified atom stereocenters. The Bertz CT molecular complexity index is 945. The topological polar surface area (TPSA) is 92.8 Å². The van der Waals surface area contributed by atoms with Gasteiger partial charge in [-0.3, -0.25) is 4.90 Å². The lowest BCUT2D eigenvalue weighted by molar-refractivity contribution is -0.136. The average Bonchev–Trinajstić information content (AvgIpc) is 2.93. The minimum atomic E-state index is -3.21. The van der Waals surface area contributed by atoms with Gasteiger partial charge >= 0.3 is 12.0 Å². The summed E-state index contributed by atoms with van der Waals surface area (Å²) in [5, 5.41) is 3.46. The SMILES string of the molecule is COC(=O)C1=C(C)N([C@H]2CCS(=O)(=O)C2)C(=O)N[C@H]1c1ccc(Cl)cc1Cl. The number of sulfone groups is 1. The smallest absolute Gasteiger partial charge is 0.337 e. The summed E-state index contributed by atoms with van der Waals surface area (Å²) in [4.78, 5) is 26.6. The van der Waals surface area contributed by atoms with Crippen LogP contribution in [0.25, 0.3) is 0 Å². The van der Waals surface area contributed by atoms with Gasteiger partial charge in [0.1, 0.15) is 0 Å². The third-order valence-electron chi connectivity index (χ3n) is 4.78. The number of carbonyl (C=O) groups excluding carboxylic acids is 2. The molecule has 3 rings (SSSR count). The van der Waals surface area contributed by atoms with Crippen molar-refractivity contribution in [1.82, 2.24) is 10.2 Å². The van der Waals surface area contributed by atoms with Crippen LogP contribution in [0.2, 0.25) is 10.0 Å². The number of nitrogens with zero attached hydrogens (tertiary/aromatic N) is 1. The Balaban J connectivity index is 2.09. The van der Waals surface area contributed by atoms with Crippen LogP contribution in [0.4, 0.5) is 4.79 Å². The molecule has 2 atom stereocenters. The number of allylic oxidation sites excluding steroid dienone is 1. The van der Waals surface area contributed by atoms with Gasteiger partial charge in [0.05, 0.1) is 36.3 Å². The summed E-state index contributed by atoms with van der Waals surface area (Å²) in [7, 11) is -1.97. The number of halogens is 2. The van der Waals surface area contributed by atoms with Crippen LogP contribution in [0.3, 0.4) is 0 Å². The van der Waals surface area contributed by atoms with Crippen molar-refractivity contribution in [2.75, 3.05) is 18.6 Å². The van der Waals surface area contributed by atoms with Crippen LogP contribution in [-0.4, -0.2) is 50.0 Å². The number of amides is 2. The van der Waals surface area contributed by atoms with Gasteiger partial charge in [0.15, 0.2) is 9.84 Å². The van der Waals surface area contributed by atoms with Gasteiger partial charge < -0.3 is 10.1 Å². The first kappa shape index (κ1) is 20.0. The normalized spacial score (nSPS) is 24.7. The third-order valence-corrected chi connectivity index (χ3v) is 7.09. The van der Waals surface area contributed by atoms with E-state index in [1.807, 2.05) is 0 Å². The van der Waals surface area contributed by atoms with Gasteiger partial charge in [0.25, 0.3) is 0 Å². The van der Waals surface area contributed by atoms with Gasteiger partial charge in [0, 0.05) is 15.7 Å². The molecule has 1 saturated heterocycles. The van der Waals surface area contributed by atoms with Gasteiger partial charge in [-0.05, 0) is 31.0 Å². The molecule has 0 spiro atoms. The highest BCUT2D eigenvalue weighted by atomic mass is 35.5. The van der Waals surface area contributed by atoms with E-state index in [-0.39, 0.29) is 17.1 Å². The van der Waals surface area contributed by atoms with Gasteiger partial charge in [-0.25, -0.2) is 18.0 Å². The highest BCUT2D eigenvalue weighted by Gasteiger charge is 2.43. The monoisotopic (exact) mass is 432 g/mol. The molecule has 2 aliphatic rings. The number of rotatable bonds is 3. The van der Waals surface area contributed by atoms with Crippen LogP contribution in [0.1, 0.15) is 24.9 Å². The van der Waals surface area contributed by atoms with Crippen LogP contribution < -0.4 is 5.32 Å². The summed E-state index contributed by atoms with van der Waals surface area (Å²) in [5.74, 6) is -0.762. The first-order valence-corrected chi connectivity index (χ1v) is 10.8. The summed E-state index contributed by atoms with van der Waals surface area (Å²) in [5.41, 5.74) is 1.04. The largest absolute Gasteiger partial charge is 0.466 e. The molecule has 0 saturated carbocycles. The van der Waals surface area contributed by atoms with E-state index < -0.39 is 33.9 Å². The summed E-state index contributed by atoms with van der Waals surface area (Å²) in [6.45, 7) is 1.60. The molecule has 0 aromatic heterocycles. The molecule has 0 aliphatic carbocycles. The van der Waals surface area contributed by atoms with Gasteiger partial charge in [-0.1, -0.05) is 29.3 Å². The van der Waals surface area contributed by atoms with Crippen molar-refractivity contribution >= 4 is 45.0 Å². The fourth-order valence-corrected chi connectivity index (χ4v) is 5.74. The molecular formula is C17H18Cl2N2O5S. The van der Waals surface area contributed by atoms with Gasteiger partial charge in [-0.15, -0.1) is 0 Å². The fourth-order valence-electron chi connectivity index (χ4n) is 3.52. The molecule has 0 radical (unpaired) electrons. The van der Waals surface area contributed by atoms with E-state index in [9.17, 15) is 18.0 Å². The number of esters is 1. The Morgan fingerprint density at radius 3 is 2.59 bits per heavy atom. The lowest BCUT2D eigenvalue weighted by Gasteiger charge is -2.38. The molecule has 7 nitrogen and oxygen atoms in total. The number of ether oxygens (including phenoxy) is 1. The van der Waals surface area contributed by atoms with Crippen molar-refractivity contribution < 1.29 is 22.7 Å². The standard InChI is InChI=1S/C17H18Cl2N2O5S/c1-9-14(16(22)26-2)15(12-4-3-10(18)7-13(12)19)20-17(23)21(9)11-5-6-27(24,25)8-11/h3-4,7,11,15H,5-6,8H2,1-2H3,(H,20,23)/t11-,15-/m0/s1. The first-order valence-electron chi connectivity index (χ1n) is 8.19. The van der Waals surface area contributed by atoms with Crippen LogP contribution in [0.15, 0.2) is 29.5 Å². The molecule has 146 valence electrons. The lowest BCUT2D eigenvalue weighted by Crippen LogP contribution is -2.52. The number of benzene rings is 1. The minimum Gasteiger partial charge on any atom is -0.466 e.